The monoisotopic (exact) mass is 294 g/mol. The van der Waals surface area contributed by atoms with E-state index in [9.17, 15) is 4.79 Å². The van der Waals surface area contributed by atoms with Crippen molar-refractivity contribution in [1.82, 2.24) is 5.32 Å². The highest BCUT2D eigenvalue weighted by atomic mass is 35.5. The number of carbonyl (C=O) groups excluding carboxylic acids is 1. The first-order chi connectivity index (χ1) is 9.06. The van der Waals surface area contributed by atoms with Gasteiger partial charge in [-0.15, -0.1) is 0 Å². The van der Waals surface area contributed by atoms with Gasteiger partial charge < -0.3 is 11.1 Å². The molecule has 1 aromatic heterocycles. The van der Waals surface area contributed by atoms with E-state index in [-0.39, 0.29) is 11.9 Å². The average Bonchev–Trinajstić information content (AvgIpc) is 2.85. The fraction of sp³-hybridized carbons (Fsp3) is 0.214. The average molecular weight is 295 g/mol. The van der Waals surface area contributed by atoms with E-state index < -0.39 is 0 Å². The Labute approximate surface area is 121 Å². The van der Waals surface area contributed by atoms with E-state index in [1.54, 1.807) is 29.5 Å². The van der Waals surface area contributed by atoms with Crippen LogP contribution in [0.2, 0.25) is 5.02 Å². The molecule has 0 saturated carbocycles. The molecule has 5 heteroatoms. The zero-order valence-electron chi connectivity index (χ0n) is 10.5. The Morgan fingerprint density at radius 1 is 1.47 bits per heavy atom. The molecule has 0 radical (unpaired) electrons. The first-order valence-corrected chi connectivity index (χ1v) is 7.25. The molecule has 3 N–H and O–H groups in total. The highest BCUT2D eigenvalue weighted by Crippen LogP contribution is 2.19. The number of thiophene rings is 1. The molecule has 0 aliphatic carbocycles. The number of nitrogens with two attached hydrogens (primary N) is 1. The number of hydrogen-bond donors (Lipinski definition) is 2. The van der Waals surface area contributed by atoms with Crippen LogP contribution in [0.25, 0.3) is 0 Å². The van der Waals surface area contributed by atoms with Gasteiger partial charge in [0.05, 0.1) is 10.7 Å². The second-order valence-electron chi connectivity index (χ2n) is 4.45. The number of anilines is 1. The first kappa shape index (κ1) is 13.9. The van der Waals surface area contributed by atoms with Gasteiger partial charge in [-0.25, -0.2) is 0 Å². The van der Waals surface area contributed by atoms with Crippen molar-refractivity contribution in [3.63, 3.8) is 0 Å². The number of benzene rings is 1. The largest absolute Gasteiger partial charge is 0.398 e. The van der Waals surface area contributed by atoms with Crippen LogP contribution >= 0.6 is 22.9 Å². The number of hydrogen-bond acceptors (Lipinski definition) is 3. The molecule has 2 rings (SSSR count). The third-order valence-corrected chi connectivity index (χ3v) is 3.83. The van der Waals surface area contributed by atoms with Crippen molar-refractivity contribution in [3.8, 4) is 0 Å². The molecule has 1 aromatic carbocycles. The van der Waals surface area contributed by atoms with Crippen LogP contribution in [0.4, 0.5) is 5.69 Å². The van der Waals surface area contributed by atoms with Crippen LogP contribution in [0.15, 0.2) is 35.0 Å². The van der Waals surface area contributed by atoms with Gasteiger partial charge in [0.15, 0.2) is 0 Å². The normalized spacial score (nSPS) is 12.1. The van der Waals surface area contributed by atoms with Gasteiger partial charge in [0.1, 0.15) is 0 Å². The third kappa shape index (κ3) is 3.72. The van der Waals surface area contributed by atoms with Crippen molar-refractivity contribution in [1.29, 1.82) is 0 Å². The molecule has 2 aromatic rings. The summed E-state index contributed by atoms with van der Waals surface area (Å²) in [4.78, 5) is 12.0. The molecular formula is C14H15ClN2OS. The second-order valence-corrected chi connectivity index (χ2v) is 5.63. The highest BCUT2D eigenvalue weighted by molar-refractivity contribution is 7.07. The van der Waals surface area contributed by atoms with Crippen LogP contribution in [-0.2, 0) is 6.42 Å². The van der Waals surface area contributed by atoms with E-state index in [1.807, 2.05) is 12.3 Å². The van der Waals surface area contributed by atoms with Crippen LogP contribution in [0, 0.1) is 0 Å². The van der Waals surface area contributed by atoms with Crippen molar-refractivity contribution in [2.75, 3.05) is 5.73 Å². The topological polar surface area (TPSA) is 55.1 Å². The summed E-state index contributed by atoms with van der Waals surface area (Å²) < 4.78 is 0. The maximum absolute atomic E-state index is 12.0. The summed E-state index contributed by atoms with van der Waals surface area (Å²) in [5, 5.41) is 7.53. The summed E-state index contributed by atoms with van der Waals surface area (Å²) >= 11 is 7.49. The van der Waals surface area contributed by atoms with Crippen LogP contribution < -0.4 is 11.1 Å². The minimum Gasteiger partial charge on any atom is -0.398 e. The lowest BCUT2D eigenvalue weighted by Crippen LogP contribution is -2.34. The Hall–Kier alpha value is -1.52. The van der Waals surface area contributed by atoms with E-state index in [2.05, 4.69) is 16.8 Å². The summed E-state index contributed by atoms with van der Waals surface area (Å²) in [7, 11) is 0. The molecule has 19 heavy (non-hydrogen) atoms. The van der Waals surface area contributed by atoms with E-state index in [1.165, 1.54) is 5.56 Å². The van der Waals surface area contributed by atoms with E-state index in [0.29, 0.717) is 16.3 Å². The lowest BCUT2D eigenvalue weighted by molar-refractivity contribution is 0.0940. The van der Waals surface area contributed by atoms with Crippen molar-refractivity contribution in [2.45, 2.75) is 19.4 Å². The smallest absolute Gasteiger partial charge is 0.251 e. The Balaban J connectivity index is 1.98. The third-order valence-electron chi connectivity index (χ3n) is 2.76. The van der Waals surface area contributed by atoms with Gasteiger partial charge >= 0.3 is 0 Å². The molecule has 0 bridgehead atoms. The van der Waals surface area contributed by atoms with Gasteiger partial charge in [-0.05, 0) is 53.9 Å². The molecule has 0 spiro atoms. The maximum atomic E-state index is 12.0. The quantitative estimate of drug-likeness (QED) is 0.850. The molecule has 100 valence electrons. The Morgan fingerprint density at radius 3 is 2.89 bits per heavy atom. The minimum absolute atomic E-state index is 0.0685. The fourth-order valence-corrected chi connectivity index (χ4v) is 2.60. The lowest BCUT2D eigenvalue weighted by Gasteiger charge is -2.13. The zero-order chi connectivity index (χ0) is 13.8. The minimum atomic E-state index is -0.133. The molecule has 0 aliphatic heterocycles. The van der Waals surface area contributed by atoms with E-state index in [4.69, 9.17) is 17.3 Å². The number of rotatable bonds is 4. The summed E-state index contributed by atoms with van der Waals surface area (Å²) in [6, 6.07) is 7.03. The molecule has 3 nitrogen and oxygen atoms in total. The number of nitrogens with one attached hydrogen (secondary N) is 1. The molecule has 1 atom stereocenters. The van der Waals surface area contributed by atoms with E-state index in [0.717, 1.165) is 6.42 Å². The number of amides is 1. The number of nitrogen functional groups attached to an aromatic ring is 1. The molecule has 0 fully saturated rings. The standard InChI is InChI=1S/C14H15ClN2OS/c1-9(6-10-4-5-19-8-10)17-14(18)11-2-3-12(15)13(16)7-11/h2-5,7-9H,6,16H2,1H3,(H,17,18). The summed E-state index contributed by atoms with van der Waals surface area (Å²) in [6.07, 6.45) is 0.818. The fourth-order valence-electron chi connectivity index (χ4n) is 1.81. The van der Waals surface area contributed by atoms with Crippen molar-refractivity contribution in [2.24, 2.45) is 0 Å². The molecule has 0 aliphatic rings. The van der Waals surface area contributed by atoms with Crippen molar-refractivity contribution < 1.29 is 4.79 Å². The number of carbonyl (C=O) groups is 1. The van der Waals surface area contributed by atoms with Crippen LogP contribution in [0.1, 0.15) is 22.8 Å². The van der Waals surface area contributed by atoms with Gasteiger partial charge in [0.2, 0.25) is 0 Å². The lowest BCUT2D eigenvalue weighted by atomic mass is 10.1. The van der Waals surface area contributed by atoms with Crippen LogP contribution in [0.3, 0.4) is 0 Å². The predicted octanol–water partition coefficient (Wildman–Crippen LogP) is 3.34. The SMILES string of the molecule is CC(Cc1ccsc1)NC(=O)c1ccc(Cl)c(N)c1. The first-order valence-electron chi connectivity index (χ1n) is 5.93. The number of halogens is 1. The van der Waals surface area contributed by atoms with Crippen molar-refractivity contribution >= 4 is 34.5 Å². The van der Waals surface area contributed by atoms with Gasteiger partial charge in [0, 0.05) is 11.6 Å². The van der Waals surface area contributed by atoms with Gasteiger partial charge in [-0.1, -0.05) is 11.6 Å². The van der Waals surface area contributed by atoms with Gasteiger partial charge in [-0.3, -0.25) is 4.79 Å². The van der Waals surface area contributed by atoms with Crippen molar-refractivity contribution in [3.05, 3.63) is 51.2 Å². The Kier molecular flexibility index (Phi) is 4.45. The highest BCUT2D eigenvalue weighted by Gasteiger charge is 2.11. The van der Waals surface area contributed by atoms with Gasteiger partial charge in [0.25, 0.3) is 5.91 Å². The molecule has 0 saturated heterocycles. The Bertz CT molecular complexity index is 569. The zero-order valence-corrected chi connectivity index (χ0v) is 12.1. The van der Waals surface area contributed by atoms with Crippen LogP contribution in [-0.4, -0.2) is 11.9 Å². The van der Waals surface area contributed by atoms with E-state index >= 15 is 0 Å². The summed E-state index contributed by atoms with van der Waals surface area (Å²) in [5.41, 5.74) is 7.86. The molecule has 1 heterocycles. The summed E-state index contributed by atoms with van der Waals surface area (Å²) in [5.74, 6) is -0.133. The van der Waals surface area contributed by atoms with Crippen LogP contribution in [0.5, 0.6) is 0 Å². The van der Waals surface area contributed by atoms with Gasteiger partial charge in [-0.2, -0.15) is 11.3 Å². The molecular weight excluding hydrogens is 280 g/mol. The molecule has 1 unspecified atom stereocenters. The maximum Gasteiger partial charge on any atom is 0.251 e. The Morgan fingerprint density at radius 2 is 2.26 bits per heavy atom. The molecule has 1 amide bonds. The predicted molar refractivity (Wildman–Crippen MR) is 80.8 cm³/mol. The second kappa shape index (κ2) is 6.08. The summed E-state index contributed by atoms with van der Waals surface area (Å²) in [6.45, 7) is 1.98.